The van der Waals surface area contributed by atoms with Crippen molar-refractivity contribution in [3.63, 3.8) is 0 Å². The lowest BCUT2D eigenvalue weighted by Crippen LogP contribution is -1.91. The summed E-state index contributed by atoms with van der Waals surface area (Å²) in [4.78, 5) is 8.59. The van der Waals surface area contributed by atoms with Gasteiger partial charge in [-0.15, -0.1) is 0 Å². The zero-order valence-electron chi connectivity index (χ0n) is 10.7. The fourth-order valence-electron chi connectivity index (χ4n) is 1.86. The second-order valence-electron chi connectivity index (χ2n) is 4.32. The number of aryl methyl sites for hydroxylation is 1. The Kier molecular flexibility index (Phi) is 3.12. The molecule has 2 N–H and O–H groups in total. The maximum Gasteiger partial charge on any atom is 0.260 e. The number of aromatic nitrogens is 3. The van der Waals surface area contributed by atoms with Crippen molar-refractivity contribution in [1.29, 1.82) is 0 Å². The summed E-state index contributed by atoms with van der Waals surface area (Å²) in [6.45, 7) is 1.94. The van der Waals surface area contributed by atoms with E-state index in [9.17, 15) is 0 Å². The summed E-state index contributed by atoms with van der Waals surface area (Å²) < 4.78 is 5.26. The fourth-order valence-corrected chi connectivity index (χ4v) is 2.03. The Morgan fingerprint density at radius 3 is 2.90 bits per heavy atom. The van der Waals surface area contributed by atoms with Crippen LogP contribution in [0.1, 0.15) is 5.56 Å². The van der Waals surface area contributed by atoms with E-state index >= 15 is 0 Å². The summed E-state index contributed by atoms with van der Waals surface area (Å²) in [6, 6.07) is 8.90. The minimum Gasteiger partial charge on any atom is -0.398 e. The molecule has 0 fully saturated rings. The highest BCUT2D eigenvalue weighted by Gasteiger charge is 2.15. The van der Waals surface area contributed by atoms with Crippen molar-refractivity contribution in [2.45, 2.75) is 6.92 Å². The fraction of sp³-hybridized carbons (Fsp3) is 0.0714. The molecule has 1 aromatic carbocycles. The van der Waals surface area contributed by atoms with E-state index in [0.717, 1.165) is 5.56 Å². The maximum atomic E-state index is 5.96. The Morgan fingerprint density at radius 2 is 2.10 bits per heavy atom. The average Bonchev–Trinajstić information content (AvgIpc) is 2.91. The predicted octanol–water partition coefficient (Wildman–Crippen LogP) is 3.34. The van der Waals surface area contributed by atoms with Gasteiger partial charge in [-0.1, -0.05) is 22.8 Å². The Hall–Kier alpha value is -2.40. The van der Waals surface area contributed by atoms with Crippen molar-refractivity contribution in [2.24, 2.45) is 0 Å². The van der Waals surface area contributed by atoms with Crippen LogP contribution in [0, 0.1) is 6.92 Å². The van der Waals surface area contributed by atoms with E-state index in [1.165, 1.54) is 0 Å². The summed E-state index contributed by atoms with van der Waals surface area (Å²) in [5, 5.41) is 4.51. The van der Waals surface area contributed by atoms with E-state index in [0.29, 0.717) is 33.7 Å². The lowest BCUT2D eigenvalue weighted by molar-refractivity contribution is 0.432. The van der Waals surface area contributed by atoms with Gasteiger partial charge in [-0.3, -0.25) is 4.98 Å². The standard InChI is InChI=1S/C14H11ClN4O/c1-8-3-2-6-17-12(8)13-18-14(20-19-13)10-7-9(15)4-5-11(10)16/h2-7H,16H2,1H3. The highest BCUT2D eigenvalue weighted by atomic mass is 35.5. The third-order valence-electron chi connectivity index (χ3n) is 2.89. The molecule has 0 radical (unpaired) electrons. The van der Waals surface area contributed by atoms with Gasteiger partial charge >= 0.3 is 0 Å². The van der Waals surface area contributed by atoms with Crippen LogP contribution in [0.2, 0.25) is 5.02 Å². The van der Waals surface area contributed by atoms with Crippen LogP contribution in [0.25, 0.3) is 23.0 Å². The number of pyridine rings is 1. The van der Waals surface area contributed by atoms with Crippen LogP contribution in [0.3, 0.4) is 0 Å². The molecule has 0 atom stereocenters. The SMILES string of the molecule is Cc1cccnc1-c1noc(-c2cc(Cl)ccc2N)n1. The number of rotatable bonds is 2. The Balaban J connectivity index is 2.07. The zero-order valence-corrected chi connectivity index (χ0v) is 11.4. The molecule has 0 amide bonds. The number of nitrogen functional groups attached to an aromatic ring is 1. The minimum atomic E-state index is 0.324. The van der Waals surface area contributed by atoms with Gasteiger partial charge in [-0.05, 0) is 36.8 Å². The van der Waals surface area contributed by atoms with Crippen LogP contribution in [-0.2, 0) is 0 Å². The molecule has 0 aliphatic rings. The Morgan fingerprint density at radius 1 is 1.25 bits per heavy atom. The lowest BCUT2D eigenvalue weighted by Gasteiger charge is -2.00. The zero-order chi connectivity index (χ0) is 14.1. The van der Waals surface area contributed by atoms with E-state index in [4.69, 9.17) is 21.9 Å². The highest BCUT2D eigenvalue weighted by Crippen LogP contribution is 2.29. The van der Waals surface area contributed by atoms with E-state index in [1.54, 1.807) is 24.4 Å². The van der Waals surface area contributed by atoms with Crippen LogP contribution in [-0.4, -0.2) is 15.1 Å². The van der Waals surface area contributed by atoms with Gasteiger partial charge in [0.05, 0.1) is 5.56 Å². The Bertz CT molecular complexity index is 769. The summed E-state index contributed by atoms with van der Waals surface area (Å²) in [7, 11) is 0. The van der Waals surface area contributed by atoms with Gasteiger partial charge in [-0.25, -0.2) is 0 Å². The molecule has 0 aliphatic carbocycles. The first kappa shape index (κ1) is 12.6. The molecule has 100 valence electrons. The van der Waals surface area contributed by atoms with Crippen molar-refractivity contribution in [1.82, 2.24) is 15.1 Å². The third kappa shape index (κ3) is 2.23. The van der Waals surface area contributed by atoms with E-state index < -0.39 is 0 Å². The molecule has 3 rings (SSSR count). The molecule has 0 spiro atoms. The number of halogens is 1. The lowest BCUT2D eigenvalue weighted by atomic mass is 10.2. The molecule has 2 heterocycles. The molecule has 2 aromatic heterocycles. The highest BCUT2D eigenvalue weighted by molar-refractivity contribution is 6.31. The van der Waals surface area contributed by atoms with Gasteiger partial charge < -0.3 is 10.3 Å². The first-order chi connectivity index (χ1) is 9.65. The predicted molar refractivity (Wildman–Crippen MR) is 77.1 cm³/mol. The maximum absolute atomic E-state index is 5.96. The van der Waals surface area contributed by atoms with Gasteiger partial charge in [-0.2, -0.15) is 4.98 Å². The van der Waals surface area contributed by atoms with Crippen LogP contribution < -0.4 is 5.73 Å². The summed E-state index contributed by atoms with van der Waals surface area (Å²) >= 11 is 5.96. The van der Waals surface area contributed by atoms with Gasteiger partial charge in [0.15, 0.2) is 0 Å². The van der Waals surface area contributed by atoms with Gasteiger partial charge in [0, 0.05) is 16.9 Å². The largest absolute Gasteiger partial charge is 0.398 e. The normalized spacial score (nSPS) is 10.7. The van der Waals surface area contributed by atoms with Crippen molar-refractivity contribution in [3.05, 3.63) is 47.1 Å². The minimum absolute atomic E-state index is 0.324. The van der Waals surface area contributed by atoms with Crippen LogP contribution in [0.15, 0.2) is 41.1 Å². The second kappa shape index (κ2) is 4.94. The number of hydrogen-bond donors (Lipinski definition) is 1. The van der Waals surface area contributed by atoms with Crippen LogP contribution in [0.5, 0.6) is 0 Å². The Labute approximate surface area is 120 Å². The molecule has 0 saturated carbocycles. The monoisotopic (exact) mass is 286 g/mol. The molecule has 3 aromatic rings. The third-order valence-corrected chi connectivity index (χ3v) is 3.13. The molecular weight excluding hydrogens is 276 g/mol. The van der Waals surface area contributed by atoms with Crippen molar-refractivity contribution < 1.29 is 4.52 Å². The average molecular weight is 287 g/mol. The number of benzene rings is 1. The number of hydrogen-bond acceptors (Lipinski definition) is 5. The van der Waals surface area contributed by atoms with Crippen molar-refractivity contribution in [3.8, 4) is 23.0 Å². The molecule has 0 bridgehead atoms. The van der Waals surface area contributed by atoms with Gasteiger partial charge in [0.1, 0.15) is 5.69 Å². The first-order valence-electron chi connectivity index (χ1n) is 5.96. The molecule has 6 heteroatoms. The first-order valence-corrected chi connectivity index (χ1v) is 6.34. The van der Waals surface area contributed by atoms with Gasteiger partial charge in [0.25, 0.3) is 5.89 Å². The van der Waals surface area contributed by atoms with Crippen LogP contribution >= 0.6 is 11.6 Å². The van der Waals surface area contributed by atoms with Crippen LogP contribution in [0.4, 0.5) is 5.69 Å². The number of nitrogens with zero attached hydrogens (tertiary/aromatic N) is 3. The molecule has 5 nitrogen and oxygen atoms in total. The summed E-state index contributed by atoms with van der Waals surface area (Å²) in [6.07, 6.45) is 1.69. The van der Waals surface area contributed by atoms with Crippen molar-refractivity contribution >= 4 is 17.3 Å². The molecule has 0 aliphatic heterocycles. The number of anilines is 1. The number of nitrogens with two attached hydrogens (primary N) is 1. The van der Waals surface area contributed by atoms with E-state index in [-0.39, 0.29) is 0 Å². The molecule has 20 heavy (non-hydrogen) atoms. The quantitative estimate of drug-likeness (QED) is 0.731. The smallest absolute Gasteiger partial charge is 0.260 e. The van der Waals surface area contributed by atoms with E-state index in [1.807, 2.05) is 19.1 Å². The summed E-state index contributed by atoms with van der Waals surface area (Å²) in [5.74, 6) is 0.752. The molecular formula is C14H11ClN4O. The second-order valence-corrected chi connectivity index (χ2v) is 4.76. The van der Waals surface area contributed by atoms with Gasteiger partial charge in [0.2, 0.25) is 5.82 Å². The topological polar surface area (TPSA) is 77.8 Å². The van der Waals surface area contributed by atoms with Crippen molar-refractivity contribution in [2.75, 3.05) is 5.73 Å². The molecule has 0 unspecified atom stereocenters. The van der Waals surface area contributed by atoms with E-state index in [2.05, 4.69) is 15.1 Å². The molecule has 0 saturated heterocycles. The summed E-state index contributed by atoms with van der Waals surface area (Å²) in [5.41, 5.74) is 8.70.